The van der Waals surface area contributed by atoms with Gasteiger partial charge in [0, 0.05) is 12.0 Å². The zero-order valence-corrected chi connectivity index (χ0v) is 13.8. The predicted molar refractivity (Wildman–Crippen MR) is 85.6 cm³/mol. The Morgan fingerprint density at radius 3 is 2.55 bits per heavy atom. The highest BCUT2D eigenvalue weighted by molar-refractivity contribution is 6.02. The van der Waals surface area contributed by atoms with Crippen LogP contribution in [0, 0.1) is 18.3 Å². The van der Waals surface area contributed by atoms with Crippen molar-refractivity contribution in [2.75, 3.05) is 0 Å². The van der Waals surface area contributed by atoms with Crippen LogP contribution in [0.1, 0.15) is 78.3 Å². The largest absolute Gasteiger partial charge is 0.478 e. The highest BCUT2D eigenvalue weighted by atomic mass is 16.4. The number of rotatable bonds is 1. The van der Waals surface area contributed by atoms with Crippen molar-refractivity contribution in [1.29, 1.82) is 0 Å². The van der Waals surface area contributed by atoms with E-state index < -0.39 is 5.97 Å². The first-order valence-electron chi connectivity index (χ1n) is 8.08. The van der Waals surface area contributed by atoms with Crippen LogP contribution in [0.5, 0.6) is 0 Å². The van der Waals surface area contributed by atoms with Crippen LogP contribution in [0.15, 0.2) is 12.1 Å². The normalized spacial score (nSPS) is 29.6. The van der Waals surface area contributed by atoms with Gasteiger partial charge < -0.3 is 5.11 Å². The molecule has 3 rings (SSSR count). The fourth-order valence-corrected chi connectivity index (χ4v) is 4.88. The van der Waals surface area contributed by atoms with Gasteiger partial charge in [-0.2, -0.15) is 0 Å². The van der Waals surface area contributed by atoms with E-state index >= 15 is 0 Å². The van der Waals surface area contributed by atoms with Gasteiger partial charge in [-0.15, -0.1) is 0 Å². The van der Waals surface area contributed by atoms with Crippen molar-refractivity contribution >= 4 is 11.8 Å². The van der Waals surface area contributed by atoms with Gasteiger partial charge in [0.2, 0.25) is 0 Å². The third-order valence-corrected chi connectivity index (χ3v) is 6.13. The number of carbonyl (C=O) groups is 2. The molecule has 2 aliphatic carbocycles. The average Bonchev–Trinajstić information content (AvgIpc) is 2.41. The van der Waals surface area contributed by atoms with E-state index in [0.29, 0.717) is 17.9 Å². The number of aromatic carboxylic acids is 1. The Bertz CT molecular complexity index is 672. The van der Waals surface area contributed by atoms with Crippen molar-refractivity contribution in [3.8, 4) is 0 Å². The number of benzene rings is 1. The van der Waals surface area contributed by atoms with E-state index in [1.165, 1.54) is 0 Å². The Labute approximate surface area is 131 Å². The third kappa shape index (κ3) is 2.02. The molecule has 1 aromatic carbocycles. The molecule has 0 radical (unpaired) electrons. The highest BCUT2D eigenvalue weighted by Gasteiger charge is 2.51. The van der Waals surface area contributed by atoms with Crippen molar-refractivity contribution < 1.29 is 14.7 Å². The molecule has 1 fully saturated rings. The monoisotopic (exact) mass is 300 g/mol. The van der Waals surface area contributed by atoms with Crippen LogP contribution in [0.3, 0.4) is 0 Å². The van der Waals surface area contributed by atoms with Gasteiger partial charge in [-0.25, -0.2) is 4.79 Å². The zero-order chi connectivity index (χ0) is 16.3. The summed E-state index contributed by atoms with van der Waals surface area (Å²) < 4.78 is 0. The number of Topliss-reactive ketones (excluding diaryl/α,β-unsaturated/α-hetero) is 1. The van der Waals surface area contributed by atoms with Crippen LogP contribution >= 0.6 is 0 Å². The summed E-state index contributed by atoms with van der Waals surface area (Å²) in [5.74, 6) is -0.511. The van der Waals surface area contributed by atoms with Crippen LogP contribution < -0.4 is 0 Å². The Hall–Kier alpha value is -1.64. The molecule has 3 nitrogen and oxygen atoms in total. The van der Waals surface area contributed by atoms with Crippen molar-refractivity contribution in [3.63, 3.8) is 0 Å². The molecule has 0 spiro atoms. The van der Waals surface area contributed by atoms with Crippen LogP contribution in [-0.4, -0.2) is 16.9 Å². The molecule has 22 heavy (non-hydrogen) atoms. The molecule has 0 aliphatic heterocycles. The lowest BCUT2D eigenvalue weighted by Crippen LogP contribution is -2.49. The summed E-state index contributed by atoms with van der Waals surface area (Å²) in [6, 6.07) is 3.57. The summed E-state index contributed by atoms with van der Waals surface area (Å²) in [4.78, 5) is 24.0. The molecule has 3 heteroatoms. The minimum Gasteiger partial charge on any atom is -0.478 e. The molecule has 2 unspecified atom stereocenters. The van der Waals surface area contributed by atoms with Crippen molar-refractivity contribution in [2.24, 2.45) is 11.3 Å². The zero-order valence-electron chi connectivity index (χ0n) is 13.8. The number of aryl methyl sites for hydroxylation is 1. The Kier molecular flexibility index (Phi) is 3.24. The van der Waals surface area contributed by atoms with Gasteiger partial charge in [-0.3, -0.25) is 4.79 Å². The second-order valence-electron chi connectivity index (χ2n) is 7.96. The van der Waals surface area contributed by atoms with Gasteiger partial charge in [-0.1, -0.05) is 33.3 Å². The average molecular weight is 300 g/mol. The number of fused-ring (bicyclic) bond motifs is 3. The van der Waals surface area contributed by atoms with E-state index in [1.807, 2.05) is 13.0 Å². The van der Waals surface area contributed by atoms with Crippen molar-refractivity contribution in [3.05, 3.63) is 34.4 Å². The molecule has 1 N–H and O–H groups in total. The molecule has 0 aromatic heterocycles. The minimum atomic E-state index is -0.954. The smallest absolute Gasteiger partial charge is 0.335 e. The molecule has 0 heterocycles. The van der Waals surface area contributed by atoms with E-state index in [-0.39, 0.29) is 22.2 Å². The Morgan fingerprint density at radius 2 is 1.91 bits per heavy atom. The lowest BCUT2D eigenvalue weighted by molar-refractivity contribution is 0.0368. The maximum Gasteiger partial charge on any atom is 0.335 e. The van der Waals surface area contributed by atoms with Crippen LogP contribution in [-0.2, 0) is 5.41 Å². The maximum atomic E-state index is 12.7. The second kappa shape index (κ2) is 4.68. The Morgan fingerprint density at radius 1 is 1.23 bits per heavy atom. The number of hydrogen-bond donors (Lipinski definition) is 1. The van der Waals surface area contributed by atoms with Crippen LogP contribution in [0.25, 0.3) is 0 Å². The lowest BCUT2D eigenvalue weighted by Gasteiger charge is -2.54. The first-order valence-corrected chi connectivity index (χ1v) is 8.08. The van der Waals surface area contributed by atoms with Crippen LogP contribution in [0.2, 0.25) is 0 Å². The maximum absolute atomic E-state index is 12.7. The first kappa shape index (κ1) is 15.3. The summed E-state index contributed by atoms with van der Waals surface area (Å²) in [7, 11) is 0. The van der Waals surface area contributed by atoms with Gasteiger partial charge in [0.25, 0.3) is 0 Å². The molecular weight excluding hydrogens is 276 g/mol. The fraction of sp³-hybridized carbons (Fsp3) is 0.579. The molecular formula is C19H24O3. The minimum absolute atomic E-state index is 0.0210. The molecule has 2 atom stereocenters. The van der Waals surface area contributed by atoms with Crippen LogP contribution in [0.4, 0.5) is 0 Å². The first-order chi connectivity index (χ1) is 10.2. The summed E-state index contributed by atoms with van der Waals surface area (Å²) in [5, 5.41) is 9.32. The van der Waals surface area contributed by atoms with E-state index in [4.69, 9.17) is 0 Å². The molecule has 0 amide bonds. The van der Waals surface area contributed by atoms with Gasteiger partial charge >= 0.3 is 5.97 Å². The summed E-state index contributed by atoms with van der Waals surface area (Å²) in [6.45, 7) is 8.64. The van der Waals surface area contributed by atoms with Gasteiger partial charge in [0.15, 0.2) is 5.78 Å². The number of ketones is 1. The quantitative estimate of drug-likeness (QED) is 0.838. The Balaban J connectivity index is 2.22. The van der Waals surface area contributed by atoms with E-state index in [1.54, 1.807) is 6.07 Å². The summed E-state index contributed by atoms with van der Waals surface area (Å²) >= 11 is 0. The molecule has 0 bridgehead atoms. The SMILES string of the molecule is Cc1cc2c(cc1C(=O)O)C(=O)CC1C(C)(C)CCCC21C. The van der Waals surface area contributed by atoms with Crippen molar-refractivity contribution in [2.45, 2.75) is 58.8 Å². The third-order valence-electron chi connectivity index (χ3n) is 6.13. The molecule has 1 saturated carbocycles. The fourth-order valence-electron chi connectivity index (χ4n) is 4.88. The summed E-state index contributed by atoms with van der Waals surface area (Å²) in [5.41, 5.74) is 2.85. The van der Waals surface area contributed by atoms with Crippen molar-refractivity contribution in [1.82, 2.24) is 0 Å². The van der Waals surface area contributed by atoms with Gasteiger partial charge in [0.1, 0.15) is 0 Å². The molecule has 2 aliphatic rings. The second-order valence-corrected chi connectivity index (χ2v) is 7.96. The number of hydrogen-bond acceptors (Lipinski definition) is 2. The number of carboxylic acids is 1. The molecule has 118 valence electrons. The van der Waals surface area contributed by atoms with E-state index in [9.17, 15) is 14.7 Å². The number of carboxylic acid groups (broad SMARTS) is 1. The van der Waals surface area contributed by atoms with E-state index in [2.05, 4.69) is 20.8 Å². The topological polar surface area (TPSA) is 54.4 Å². The molecule has 0 saturated heterocycles. The van der Waals surface area contributed by atoms with Gasteiger partial charge in [0.05, 0.1) is 5.56 Å². The predicted octanol–water partition coefficient (Wildman–Crippen LogP) is 4.36. The van der Waals surface area contributed by atoms with Gasteiger partial charge in [-0.05, 0) is 53.7 Å². The van der Waals surface area contributed by atoms with E-state index in [0.717, 1.165) is 30.4 Å². The molecule has 1 aromatic rings. The standard InChI is InChI=1S/C19H24O3/c1-11-8-14-13(9-12(11)17(21)22)15(20)10-16-18(2,3)6-5-7-19(14,16)4/h8-9,16H,5-7,10H2,1-4H3,(H,21,22). The number of carbonyl (C=O) groups excluding carboxylic acids is 1. The summed E-state index contributed by atoms with van der Waals surface area (Å²) in [6.07, 6.45) is 3.93. The lowest BCUT2D eigenvalue weighted by atomic mass is 9.50. The highest BCUT2D eigenvalue weighted by Crippen LogP contribution is 2.57.